The summed E-state index contributed by atoms with van der Waals surface area (Å²) in [6.45, 7) is 2.12. The van der Waals surface area contributed by atoms with Gasteiger partial charge < -0.3 is 4.74 Å². The van der Waals surface area contributed by atoms with Crippen LogP contribution in [0.3, 0.4) is 0 Å². The number of unbranched alkanes of at least 4 members (excludes halogenated alkanes) is 1. The molecule has 0 aliphatic rings. The van der Waals surface area contributed by atoms with Crippen LogP contribution in [0.2, 0.25) is 0 Å². The number of allylic oxidation sites excluding steroid dienone is 4. The minimum absolute atomic E-state index is 0.121. The summed E-state index contributed by atoms with van der Waals surface area (Å²) in [4.78, 5) is 10.7. The topological polar surface area (TPSA) is 26.3 Å². The molecule has 0 radical (unpaired) electrons. The fourth-order valence-electron chi connectivity index (χ4n) is 1.02. The molecule has 0 saturated heterocycles. The van der Waals surface area contributed by atoms with E-state index in [2.05, 4.69) is 36.0 Å². The average Bonchev–Trinajstić information content (AvgIpc) is 2.21. The Balaban J connectivity index is 3.27. The number of esters is 1. The van der Waals surface area contributed by atoms with Gasteiger partial charge in [0.05, 0.1) is 7.11 Å². The summed E-state index contributed by atoms with van der Waals surface area (Å²) >= 11 is 0. The second-order valence-corrected chi connectivity index (χ2v) is 3.06. The molecule has 80 valence electrons. The third-order valence-corrected chi connectivity index (χ3v) is 1.82. The monoisotopic (exact) mass is 196 g/mol. The van der Waals surface area contributed by atoms with Crippen molar-refractivity contribution in [3.8, 4) is 0 Å². The van der Waals surface area contributed by atoms with Gasteiger partial charge in [-0.3, -0.25) is 4.79 Å². The van der Waals surface area contributed by atoms with Crippen LogP contribution in [-0.2, 0) is 9.53 Å². The SMILES string of the molecule is CC/C=C/C/C=C/CCCC(=O)OC. The summed E-state index contributed by atoms with van der Waals surface area (Å²) in [5.41, 5.74) is 0. The maximum Gasteiger partial charge on any atom is 0.305 e. The van der Waals surface area contributed by atoms with E-state index in [1.165, 1.54) is 7.11 Å². The predicted octanol–water partition coefficient (Wildman–Crippen LogP) is 3.24. The van der Waals surface area contributed by atoms with Crippen LogP contribution in [0.5, 0.6) is 0 Å². The van der Waals surface area contributed by atoms with Crippen molar-refractivity contribution in [2.24, 2.45) is 0 Å². The highest BCUT2D eigenvalue weighted by molar-refractivity contribution is 5.68. The zero-order valence-corrected chi connectivity index (χ0v) is 9.16. The molecule has 0 fully saturated rings. The first-order valence-corrected chi connectivity index (χ1v) is 5.18. The van der Waals surface area contributed by atoms with Gasteiger partial charge in [-0.15, -0.1) is 0 Å². The van der Waals surface area contributed by atoms with Crippen LogP contribution in [-0.4, -0.2) is 13.1 Å². The Labute approximate surface area is 86.6 Å². The van der Waals surface area contributed by atoms with Crippen LogP contribution in [0, 0.1) is 0 Å². The van der Waals surface area contributed by atoms with E-state index in [9.17, 15) is 4.79 Å². The summed E-state index contributed by atoms with van der Waals surface area (Å²) in [6, 6.07) is 0. The van der Waals surface area contributed by atoms with E-state index in [0.717, 1.165) is 25.7 Å². The lowest BCUT2D eigenvalue weighted by atomic mass is 10.2. The van der Waals surface area contributed by atoms with Crippen molar-refractivity contribution in [1.82, 2.24) is 0 Å². The Kier molecular flexibility index (Phi) is 9.28. The minimum atomic E-state index is -0.121. The van der Waals surface area contributed by atoms with Gasteiger partial charge in [-0.1, -0.05) is 31.2 Å². The van der Waals surface area contributed by atoms with Crippen LogP contribution in [0.25, 0.3) is 0 Å². The molecule has 0 unspecified atom stereocenters. The third kappa shape index (κ3) is 9.04. The lowest BCUT2D eigenvalue weighted by molar-refractivity contribution is -0.140. The van der Waals surface area contributed by atoms with E-state index < -0.39 is 0 Å². The lowest BCUT2D eigenvalue weighted by Gasteiger charge is -1.95. The molecule has 2 nitrogen and oxygen atoms in total. The van der Waals surface area contributed by atoms with Crippen molar-refractivity contribution in [1.29, 1.82) is 0 Å². The molecule has 0 atom stereocenters. The quantitative estimate of drug-likeness (QED) is 0.355. The van der Waals surface area contributed by atoms with Crippen molar-refractivity contribution >= 4 is 5.97 Å². The number of methoxy groups -OCH3 is 1. The molecule has 0 amide bonds. The smallest absolute Gasteiger partial charge is 0.305 e. The summed E-state index contributed by atoms with van der Waals surface area (Å²) in [5, 5.41) is 0. The molecule has 0 aliphatic carbocycles. The summed E-state index contributed by atoms with van der Waals surface area (Å²) < 4.78 is 4.54. The van der Waals surface area contributed by atoms with Crippen LogP contribution >= 0.6 is 0 Å². The molecule has 0 bridgehead atoms. The lowest BCUT2D eigenvalue weighted by Crippen LogP contribution is -1.98. The molecule has 0 aliphatic heterocycles. The number of hydrogen-bond acceptors (Lipinski definition) is 2. The first kappa shape index (κ1) is 12.9. The number of carbonyl (C=O) groups excluding carboxylic acids is 1. The zero-order chi connectivity index (χ0) is 10.6. The van der Waals surface area contributed by atoms with Crippen molar-refractivity contribution < 1.29 is 9.53 Å². The van der Waals surface area contributed by atoms with Gasteiger partial charge in [0.1, 0.15) is 0 Å². The average molecular weight is 196 g/mol. The van der Waals surface area contributed by atoms with E-state index in [4.69, 9.17) is 0 Å². The Morgan fingerprint density at radius 2 is 1.93 bits per heavy atom. The molecular weight excluding hydrogens is 176 g/mol. The molecule has 0 aromatic carbocycles. The largest absolute Gasteiger partial charge is 0.469 e. The maximum absolute atomic E-state index is 10.7. The summed E-state index contributed by atoms with van der Waals surface area (Å²) in [7, 11) is 1.42. The highest BCUT2D eigenvalue weighted by atomic mass is 16.5. The summed E-state index contributed by atoms with van der Waals surface area (Å²) in [6.07, 6.45) is 13.0. The second kappa shape index (κ2) is 10.0. The molecule has 0 N–H and O–H groups in total. The molecule has 0 rings (SSSR count). The highest BCUT2D eigenvalue weighted by Gasteiger charge is 1.96. The normalized spacial score (nSPS) is 11.3. The van der Waals surface area contributed by atoms with Gasteiger partial charge in [-0.05, 0) is 25.7 Å². The molecule has 0 saturated carbocycles. The fourth-order valence-corrected chi connectivity index (χ4v) is 1.02. The molecule has 0 spiro atoms. The zero-order valence-electron chi connectivity index (χ0n) is 9.16. The van der Waals surface area contributed by atoms with E-state index in [0.29, 0.717) is 6.42 Å². The van der Waals surface area contributed by atoms with Gasteiger partial charge in [-0.2, -0.15) is 0 Å². The molecule has 2 heteroatoms. The number of hydrogen-bond donors (Lipinski definition) is 0. The fraction of sp³-hybridized carbons (Fsp3) is 0.583. The van der Waals surface area contributed by atoms with Crippen LogP contribution in [0.1, 0.15) is 39.0 Å². The van der Waals surface area contributed by atoms with Crippen LogP contribution in [0.15, 0.2) is 24.3 Å². The molecular formula is C12H20O2. The number of carbonyl (C=O) groups is 1. The first-order chi connectivity index (χ1) is 6.81. The molecule has 14 heavy (non-hydrogen) atoms. The van der Waals surface area contributed by atoms with E-state index in [-0.39, 0.29) is 5.97 Å². The van der Waals surface area contributed by atoms with Crippen molar-refractivity contribution in [3.05, 3.63) is 24.3 Å². The van der Waals surface area contributed by atoms with Crippen molar-refractivity contribution in [2.75, 3.05) is 7.11 Å². The standard InChI is InChI=1S/C12H20O2/c1-3-4-5-6-7-8-9-10-11-12(13)14-2/h4-5,7-8H,3,6,9-11H2,1-2H3/b5-4+,8-7+. The van der Waals surface area contributed by atoms with Gasteiger partial charge in [0, 0.05) is 6.42 Å². The molecule has 0 aromatic heterocycles. The predicted molar refractivity (Wildman–Crippen MR) is 59.1 cm³/mol. The third-order valence-electron chi connectivity index (χ3n) is 1.82. The van der Waals surface area contributed by atoms with Gasteiger partial charge in [0.15, 0.2) is 0 Å². The Hall–Kier alpha value is -1.05. The van der Waals surface area contributed by atoms with Gasteiger partial charge in [-0.25, -0.2) is 0 Å². The van der Waals surface area contributed by atoms with Crippen molar-refractivity contribution in [3.63, 3.8) is 0 Å². The summed E-state index contributed by atoms with van der Waals surface area (Å²) in [5.74, 6) is -0.121. The van der Waals surface area contributed by atoms with Gasteiger partial charge >= 0.3 is 5.97 Å². The number of ether oxygens (including phenoxy) is 1. The maximum atomic E-state index is 10.7. The minimum Gasteiger partial charge on any atom is -0.469 e. The van der Waals surface area contributed by atoms with Crippen molar-refractivity contribution in [2.45, 2.75) is 39.0 Å². The first-order valence-electron chi connectivity index (χ1n) is 5.18. The Morgan fingerprint density at radius 3 is 2.57 bits per heavy atom. The van der Waals surface area contributed by atoms with E-state index >= 15 is 0 Å². The van der Waals surface area contributed by atoms with Crippen LogP contribution in [0.4, 0.5) is 0 Å². The van der Waals surface area contributed by atoms with E-state index in [1.807, 2.05) is 0 Å². The second-order valence-electron chi connectivity index (χ2n) is 3.06. The van der Waals surface area contributed by atoms with Gasteiger partial charge in [0.25, 0.3) is 0 Å². The highest BCUT2D eigenvalue weighted by Crippen LogP contribution is 1.99. The Bertz CT molecular complexity index is 192. The number of rotatable bonds is 7. The van der Waals surface area contributed by atoms with Crippen LogP contribution < -0.4 is 0 Å². The molecule has 0 aromatic rings. The van der Waals surface area contributed by atoms with E-state index in [1.54, 1.807) is 0 Å². The Morgan fingerprint density at radius 1 is 1.21 bits per heavy atom. The van der Waals surface area contributed by atoms with Gasteiger partial charge in [0.2, 0.25) is 0 Å². The molecule has 0 heterocycles.